The maximum atomic E-state index is 14.0. The van der Waals surface area contributed by atoms with Crippen molar-refractivity contribution in [3.8, 4) is 11.5 Å². The van der Waals surface area contributed by atoms with Crippen LogP contribution in [0.15, 0.2) is 91.0 Å². The second kappa shape index (κ2) is 11.9. The van der Waals surface area contributed by atoms with Gasteiger partial charge in [0.05, 0.1) is 0 Å². The number of carbonyl (C=O) groups excluding carboxylic acids is 1. The first-order valence-corrected chi connectivity index (χ1v) is 12.0. The van der Waals surface area contributed by atoms with Crippen molar-refractivity contribution >= 4 is 13.7 Å². The minimum absolute atomic E-state index is 0.0830. The number of nitrogens with one attached hydrogen (secondary N) is 1. The average molecular weight is 454 g/mol. The molecule has 1 unspecified atom stereocenters. The number of nitrogens with two attached hydrogens (primary N) is 1. The fourth-order valence-electron chi connectivity index (χ4n) is 2.92. The molecule has 0 aliphatic heterocycles. The lowest BCUT2D eigenvalue weighted by Gasteiger charge is -2.28. The van der Waals surface area contributed by atoms with Crippen LogP contribution in [0.5, 0.6) is 11.5 Å². The topological polar surface area (TPSA) is 99.9 Å². The van der Waals surface area contributed by atoms with Crippen molar-refractivity contribution in [2.24, 2.45) is 5.73 Å². The van der Waals surface area contributed by atoms with Crippen LogP contribution < -0.4 is 20.1 Å². The number of amides is 1. The van der Waals surface area contributed by atoms with Crippen LogP contribution in [-0.4, -0.2) is 18.4 Å². The second-order valence-corrected chi connectivity index (χ2v) is 9.07. The summed E-state index contributed by atoms with van der Waals surface area (Å²) in [5.74, 6) is -0.234. The molecule has 3 rings (SSSR count). The van der Waals surface area contributed by atoms with Crippen LogP contribution in [0, 0.1) is 0 Å². The zero-order chi connectivity index (χ0) is 22.7. The smallest absolute Gasteiger partial charge is 0.445 e. The summed E-state index contributed by atoms with van der Waals surface area (Å²) in [5.41, 5.74) is 6.51. The molecule has 3 aromatic rings. The quantitative estimate of drug-likeness (QED) is 0.380. The Hall–Kier alpha value is -3.28. The molecule has 32 heavy (non-hydrogen) atoms. The fraction of sp³-hybridized carbons (Fsp3) is 0.208. The summed E-state index contributed by atoms with van der Waals surface area (Å²) in [6, 6.07) is 26.7. The third kappa shape index (κ3) is 7.15. The van der Waals surface area contributed by atoms with E-state index in [1.807, 2.05) is 42.5 Å². The van der Waals surface area contributed by atoms with Gasteiger partial charge in [0, 0.05) is 0 Å². The highest BCUT2D eigenvalue weighted by molar-refractivity contribution is 7.55. The molecule has 0 heterocycles. The van der Waals surface area contributed by atoms with Gasteiger partial charge in [0.25, 0.3) is 0 Å². The Balaban J connectivity index is 1.80. The van der Waals surface area contributed by atoms with E-state index in [9.17, 15) is 9.36 Å². The number of rotatable bonds is 11. The molecule has 0 aromatic heterocycles. The second-order valence-electron chi connectivity index (χ2n) is 7.00. The van der Waals surface area contributed by atoms with Gasteiger partial charge in [0.15, 0.2) is 5.78 Å². The minimum atomic E-state index is -3.92. The molecule has 1 amide bonds. The highest BCUT2D eigenvalue weighted by Gasteiger charge is 2.40. The first-order chi connectivity index (χ1) is 15.6. The number of ether oxygens (including phenoxy) is 1. The Morgan fingerprint density at radius 3 is 1.84 bits per heavy atom. The van der Waals surface area contributed by atoms with Crippen molar-refractivity contribution in [3.63, 3.8) is 0 Å². The van der Waals surface area contributed by atoms with E-state index in [1.165, 1.54) is 0 Å². The van der Waals surface area contributed by atoms with Crippen molar-refractivity contribution < 1.29 is 23.1 Å². The molecule has 8 heteroatoms. The van der Waals surface area contributed by atoms with E-state index in [1.54, 1.807) is 48.5 Å². The van der Waals surface area contributed by atoms with Crippen LogP contribution in [0.4, 0.5) is 4.79 Å². The lowest BCUT2D eigenvalue weighted by molar-refractivity contribution is 0.137. The third-order valence-corrected chi connectivity index (χ3v) is 6.59. The van der Waals surface area contributed by atoms with Crippen LogP contribution in [0.1, 0.15) is 18.4 Å². The predicted molar refractivity (Wildman–Crippen MR) is 124 cm³/mol. The van der Waals surface area contributed by atoms with E-state index in [4.69, 9.17) is 19.5 Å². The summed E-state index contributed by atoms with van der Waals surface area (Å²) in [4.78, 5) is 12.5. The van der Waals surface area contributed by atoms with Crippen molar-refractivity contribution in [2.45, 2.75) is 25.2 Å². The van der Waals surface area contributed by atoms with Gasteiger partial charge < -0.3 is 24.8 Å². The van der Waals surface area contributed by atoms with E-state index in [2.05, 4.69) is 5.32 Å². The molecular weight excluding hydrogens is 427 g/mol. The number of hydrogen-bond donors (Lipinski definition) is 2. The zero-order valence-electron chi connectivity index (χ0n) is 17.6. The molecule has 0 spiro atoms. The van der Waals surface area contributed by atoms with Crippen LogP contribution in [0.25, 0.3) is 0 Å². The van der Waals surface area contributed by atoms with Gasteiger partial charge in [-0.1, -0.05) is 66.7 Å². The number of carbonyl (C=O) groups is 1. The lowest BCUT2D eigenvalue weighted by Crippen LogP contribution is -2.38. The van der Waals surface area contributed by atoms with Gasteiger partial charge in [-0.15, -0.1) is 0 Å². The summed E-state index contributed by atoms with van der Waals surface area (Å²) in [6.45, 7) is 0.438. The third-order valence-electron chi connectivity index (χ3n) is 4.51. The van der Waals surface area contributed by atoms with Gasteiger partial charge in [0.2, 0.25) is 0 Å². The maximum absolute atomic E-state index is 14.0. The molecule has 168 valence electrons. The van der Waals surface area contributed by atoms with Gasteiger partial charge in [0.1, 0.15) is 18.1 Å². The standard InChI is InChI=1S/C24H27N2O5P/c25-18-10-17-23(26-24(27)29-19-20-11-4-1-5-12-20)32(28,30-21-13-6-2-7-14-21)31-22-15-8-3-9-16-22/h1-9,11-16,23H,10,17-19,25H2,(H,26,27). The Morgan fingerprint density at radius 1 is 0.844 bits per heavy atom. The van der Waals surface area contributed by atoms with E-state index in [-0.39, 0.29) is 13.0 Å². The van der Waals surface area contributed by atoms with Gasteiger partial charge in [-0.3, -0.25) is 0 Å². The first-order valence-electron chi connectivity index (χ1n) is 10.4. The van der Waals surface area contributed by atoms with E-state index >= 15 is 0 Å². The van der Waals surface area contributed by atoms with Crippen molar-refractivity contribution in [3.05, 3.63) is 96.6 Å². The van der Waals surface area contributed by atoms with E-state index in [0.717, 1.165) is 5.56 Å². The maximum Gasteiger partial charge on any atom is 0.453 e. The number of hydrogen-bond acceptors (Lipinski definition) is 6. The Labute approximate surface area is 188 Å². The molecular formula is C24H27N2O5P. The molecule has 7 nitrogen and oxygen atoms in total. The summed E-state index contributed by atoms with van der Waals surface area (Å²) < 4.78 is 31.0. The first kappa shape index (κ1) is 23.4. The Kier molecular flexibility index (Phi) is 8.72. The summed E-state index contributed by atoms with van der Waals surface area (Å²) in [5, 5.41) is 2.67. The van der Waals surface area contributed by atoms with Crippen molar-refractivity contribution in [1.82, 2.24) is 5.32 Å². The fourth-order valence-corrected chi connectivity index (χ4v) is 4.81. The Morgan fingerprint density at radius 2 is 1.34 bits per heavy atom. The summed E-state index contributed by atoms with van der Waals surface area (Å²) in [7, 11) is -3.92. The summed E-state index contributed by atoms with van der Waals surface area (Å²) >= 11 is 0. The van der Waals surface area contributed by atoms with E-state index in [0.29, 0.717) is 24.5 Å². The SMILES string of the molecule is NCCCC(NC(=O)OCc1ccccc1)P(=O)(Oc1ccccc1)Oc1ccccc1. The highest BCUT2D eigenvalue weighted by atomic mass is 31.2. The van der Waals surface area contributed by atoms with Gasteiger partial charge in [-0.05, 0) is 49.2 Å². The lowest BCUT2D eigenvalue weighted by atomic mass is 10.2. The zero-order valence-corrected chi connectivity index (χ0v) is 18.5. The van der Waals surface area contributed by atoms with Crippen molar-refractivity contribution in [1.29, 1.82) is 0 Å². The largest absolute Gasteiger partial charge is 0.453 e. The number of benzene rings is 3. The molecule has 0 fully saturated rings. The molecule has 0 saturated heterocycles. The van der Waals surface area contributed by atoms with Crippen LogP contribution in [0.3, 0.4) is 0 Å². The molecule has 0 bridgehead atoms. The van der Waals surface area contributed by atoms with Gasteiger partial charge >= 0.3 is 13.7 Å². The normalized spacial score (nSPS) is 11.9. The van der Waals surface area contributed by atoms with E-state index < -0.39 is 19.5 Å². The average Bonchev–Trinajstić information content (AvgIpc) is 2.82. The molecule has 0 radical (unpaired) electrons. The number of para-hydroxylation sites is 2. The predicted octanol–water partition coefficient (Wildman–Crippen LogP) is 5.33. The summed E-state index contributed by atoms with van der Waals surface area (Å²) in [6.07, 6.45) is 0.0714. The molecule has 3 N–H and O–H groups in total. The minimum Gasteiger partial charge on any atom is -0.445 e. The molecule has 0 aliphatic carbocycles. The van der Waals surface area contributed by atoms with Gasteiger partial charge in [-0.2, -0.15) is 0 Å². The highest BCUT2D eigenvalue weighted by Crippen LogP contribution is 2.53. The van der Waals surface area contributed by atoms with Crippen LogP contribution in [0.2, 0.25) is 0 Å². The molecule has 0 aliphatic rings. The van der Waals surface area contributed by atoms with Crippen LogP contribution >= 0.6 is 7.60 Å². The monoisotopic (exact) mass is 454 g/mol. The molecule has 1 atom stereocenters. The van der Waals surface area contributed by atoms with Crippen molar-refractivity contribution in [2.75, 3.05) is 6.54 Å². The number of alkyl carbamates (subject to hydrolysis) is 1. The Bertz CT molecular complexity index is 957. The van der Waals surface area contributed by atoms with Crippen LogP contribution in [-0.2, 0) is 15.9 Å². The molecule has 3 aromatic carbocycles. The van der Waals surface area contributed by atoms with Gasteiger partial charge in [-0.25, -0.2) is 9.36 Å². The molecule has 0 saturated carbocycles.